The number of unbranched alkanes of at least 4 members (excludes halogenated alkanes) is 2. The van der Waals surface area contributed by atoms with E-state index in [2.05, 4.69) is 29.8 Å². The standard InChI is InChI=1S/C18H27BrN2O3S/c1-4-6-9-20(10-7-5-2)25(23,24)18-13-17-15(12-16(18)19)8-11-21(17)14(3)22/h12-13H,4-11H2,1-3H3. The molecule has 1 aliphatic rings. The summed E-state index contributed by atoms with van der Waals surface area (Å²) in [4.78, 5) is 13.7. The Morgan fingerprint density at radius 1 is 1.20 bits per heavy atom. The van der Waals surface area contributed by atoms with E-state index < -0.39 is 10.0 Å². The molecule has 5 nitrogen and oxygen atoms in total. The van der Waals surface area contributed by atoms with Gasteiger partial charge in [-0.15, -0.1) is 0 Å². The van der Waals surface area contributed by atoms with Crippen molar-refractivity contribution >= 4 is 37.5 Å². The molecule has 0 radical (unpaired) electrons. The lowest BCUT2D eigenvalue weighted by molar-refractivity contribution is -0.116. The monoisotopic (exact) mass is 430 g/mol. The normalized spacial score (nSPS) is 14.2. The smallest absolute Gasteiger partial charge is 0.244 e. The molecule has 1 heterocycles. The number of hydrogen-bond donors (Lipinski definition) is 0. The summed E-state index contributed by atoms with van der Waals surface area (Å²) in [6.45, 7) is 7.29. The van der Waals surface area contributed by atoms with Gasteiger partial charge in [-0.3, -0.25) is 4.79 Å². The van der Waals surface area contributed by atoms with Crippen LogP contribution in [0.25, 0.3) is 0 Å². The average Bonchev–Trinajstić information content (AvgIpc) is 2.96. The van der Waals surface area contributed by atoms with Gasteiger partial charge >= 0.3 is 0 Å². The summed E-state index contributed by atoms with van der Waals surface area (Å²) in [5.74, 6) is -0.0572. The molecular formula is C18H27BrN2O3S. The Hall–Kier alpha value is -0.920. The minimum Gasteiger partial charge on any atom is -0.312 e. The highest BCUT2D eigenvalue weighted by atomic mass is 79.9. The molecule has 0 aliphatic carbocycles. The van der Waals surface area contributed by atoms with Gasteiger partial charge in [0.2, 0.25) is 15.9 Å². The van der Waals surface area contributed by atoms with Crippen LogP contribution >= 0.6 is 15.9 Å². The largest absolute Gasteiger partial charge is 0.312 e. The van der Waals surface area contributed by atoms with E-state index in [9.17, 15) is 13.2 Å². The topological polar surface area (TPSA) is 57.7 Å². The molecule has 0 unspecified atom stereocenters. The SMILES string of the molecule is CCCCN(CCCC)S(=O)(=O)c1cc2c(cc1Br)CCN2C(C)=O. The molecule has 25 heavy (non-hydrogen) atoms. The predicted molar refractivity (Wildman–Crippen MR) is 104 cm³/mol. The summed E-state index contributed by atoms with van der Waals surface area (Å²) >= 11 is 3.44. The van der Waals surface area contributed by atoms with E-state index >= 15 is 0 Å². The second kappa shape index (κ2) is 8.64. The second-order valence-electron chi connectivity index (χ2n) is 6.44. The molecule has 0 atom stereocenters. The third-order valence-electron chi connectivity index (χ3n) is 4.55. The van der Waals surface area contributed by atoms with Crippen molar-refractivity contribution in [3.8, 4) is 0 Å². The summed E-state index contributed by atoms with van der Waals surface area (Å²) < 4.78 is 28.6. The zero-order chi connectivity index (χ0) is 18.6. The fraction of sp³-hybridized carbons (Fsp3) is 0.611. The minimum absolute atomic E-state index is 0.0572. The van der Waals surface area contributed by atoms with Crippen LogP contribution in [0.2, 0.25) is 0 Å². The Kier molecular flexibility index (Phi) is 7.05. The van der Waals surface area contributed by atoms with E-state index in [4.69, 9.17) is 0 Å². The first kappa shape index (κ1) is 20.4. The summed E-state index contributed by atoms with van der Waals surface area (Å²) in [7, 11) is -3.60. The predicted octanol–water partition coefficient (Wildman–Crippen LogP) is 3.95. The van der Waals surface area contributed by atoms with Crippen LogP contribution in [0.4, 0.5) is 5.69 Å². The molecule has 1 aliphatic heterocycles. The summed E-state index contributed by atoms with van der Waals surface area (Å²) in [6, 6.07) is 3.51. The van der Waals surface area contributed by atoms with Gasteiger partial charge in [-0.2, -0.15) is 4.31 Å². The lowest BCUT2D eigenvalue weighted by Crippen LogP contribution is -2.33. The molecule has 2 rings (SSSR count). The molecule has 0 spiro atoms. The third-order valence-corrected chi connectivity index (χ3v) is 7.41. The highest BCUT2D eigenvalue weighted by molar-refractivity contribution is 9.10. The molecule has 0 bridgehead atoms. The molecule has 0 saturated carbocycles. The van der Waals surface area contributed by atoms with Crippen molar-refractivity contribution in [2.45, 2.75) is 57.8 Å². The van der Waals surface area contributed by atoms with Gasteiger partial charge in [0.05, 0.1) is 4.90 Å². The fourth-order valence-electron chi connectivity index (χ4n) is 3.07. The maximum Gasteiger partial charge on any atom is 0.244 e. The number of amides is 1. The number of halogens is 1. The number of nitrogens with zero attached hydrogens (tertiary/aromatic N) is 2. The van der Waals surface area contributed by atoms with Gasteiger partial charge in [-0.1, -0.05) is 26.7 Å². The maximum absolute atomic E-state index is 13.2. The van der Waals surface area contributed by atoms with Crippen LogP contribution in [0.3, 0.4) is 0 Å². The van der Waals surface area contributed by atoms with Crippen molar-refractivity contribution in [2.24, 2.45) is 0 Å². The van der Waals surface area contributed by atoms with Crippen LogP contribution in [0.5, 0.6) is 0 Å². The van der Waals surface area contributed by atoms with Crippen molar-refractivity contribution < 1.29 is 13.2 Å². The van der Waals surface area contributed by atoms with E-state index in [1.165, 1.54) is 6.92 Å². The van der Waals surface area contributed by atoms with Crippen LogP contribution in [0, 0.1) is 0 Å². The van der Waals surface area contributed by atoms with Gasteiger partial charge in [-0.25, -0.2) is 8.42 Å². The van der Waals surface area contributed by atoms with Crippen LogP contribution in [-0.4, -0.2) is 38.3 Å². The Morgan fingerprint density at radius 3 is 2.32 bits per heavy atom. The first-order valence-corrected chi connectivity index (χ1v) is 11.2. The maximum atomic E-state index is 13.2. The first-order valence-electron chi connectivity index (χ1n) is 8.93. The van der Waals surface area contributed by atoms with E-state index in [-0.39, 0.29) is 10.8 Å². The number of carbonyl (C=O) groups is 1. The van der Waals surface area contributed by atoms with Crippen molar-refractivity contribution in [2.75, 3.05) is 24.5 Å². The number of anilines is 1. The van der Waals surface area contributed by atoms with Crippen LogP contribution in [0.15, 0.2) is 21.5 Å². The van der Waals surface area contributed by atoms with Crippen molar-refractivity contribution in [3.63, 3.8) is 0 Å². The van der Waals surface area contributed by atoms with Gasteiger partial charge in [0.25, 0.3) is 0 Å². The summed E-state index contributed by atoms with van der Waals surface area (Å²) in [5.41, 5.74) is 1.73. The zero-order valence-corrected chi connectivity index (χ0v) is 17.6. The quantitative estimate of drug-likeness (QED) is 0.626. The number of rotatable bonds is 8. The molecular weight excluding hydrogens is 404 g/mol. The van der Waals surface area contributed by atoms with Crippen LogP contribution in [0.1, 0.15) is 52.0 Å². The minimum atomic E-state index is -3.60. The molecule has 1 aromatic carbocycles. The first-order chi connectivity index (χ1) is 11.8. The van der Waals surface area contributed by atoms with E-state index in [1.54, 1.807) is 15.3 Å². The third kappa shape index (κ3) is 4.44. The fourth-order valence-corrected chi connectivity index (χ4v) is 5.66. The van der Waals surface area contributed by atoms with Crippen LogP contribution in [-0.2, 0) is 21.2 Å². The average molecular weight is 431 g/mol. The number of benzene rings is 1. The molecule has 7 heteroatoms. The van der Waals surface area contributed by atoms with Gasteiger partial charge in [-0.05, 0) is 52.9 Å². The molecule has 0 N–H and O–H groups in total. The van der Waals surface area contributed by atoms with Gasteiger partial charge in [0, 0.05) is 36.7 Å². The second-order valence-corrected chi connectivity index (χ2v) is 9.20. The van der Waals surface area contributed by atoms with E-state index in [0.717, 1.165) is 43.4 Å². The molecule has 0 fully saturated rings. The number of hydrogen-bond acceptors (Lipinski definition) is 3. The highest BCUT2D eigenvalue weighted by Gasteiger charge is 2.30. The molecule has 1 aromatic rings. The Labute approximate surface area is 159 Å². The lowest BCUT2D eigenvalue weighted by atomic mass is 10.2. The number of fused-ring (bicyclic) bond motifs is 1. The lowest BCUT2D eigenvalue weighted by Gasteiger charge is -2.24. The van der Waals surface area contributed by atoms with Gasteiger partial charge in [0.1, 0.15) is 0 Å². The summed E-state index contributed by atoms with van der Waals surface area (Å²) in [5, 5.41) is 0. The molecule has 140 valence electrons. The molecule has 0 aromatic heterocycles. The molecule has 0 saturated heterocycles. The van der Waals surface area contributed by atoms with Crippen LogP contribution < -0.4 is 4.90 Å². The molecule has 1 amide bonds. The Bertz CT molecular complexity index is 726. The Morgan fingerprint density at radius 2 is 1.80 bits per heavy atom. The zero-order valence-electron chi connectivity index (χ0n) is 15.2. The van der Waals surface area contributed by atoms with Crippen molar-refractivity contribution in [1.29, 1.82) is 0 Å². The number of sulfonamides is 1. The number of carbonyl (C=O) groups excluding carboxylic acids is 1. The highest BCUT2D eigenvalue weighted by Crippen LogP contribution is 2.36. The van der Waals surface area contributed by atoms with Gasteiger partial charge < -0.3 is 4.90 Å². The van der Waals surface area contributed by atoms with E-state index in [1.807, 2.05) is 6.07 Å². The van der Waals surface area contributed by atoms with Crippen molar-refractivity contribution in [1.82, 2.24) is 4.31 Å². The van der Waals surface area contributed by atoms with E-state index in [0.29, 0.717) is 24.1 Å². The Balaban J connectivity index is 2.43. The summed E-state index contributed by atoms with van der Waals surface area (Å²) in [6.07, 6.45) is 4.32. The van der Waals surface area contributed by atoms with Crippen molar-refractivity contribution in [3.05, 3.63) is 22.2 Å². The van der Waals surface area contributed by atoms with Gasteiger partial charge in [0.15, 0.2) is 0 Å².